The van der Waals surface area contributed by atoms with E-state index in [1.165, 1.54) is 23.8 Å². The van der Waals surface area contributed by atoms with Gasteiger partial charge in [-0.2, -0.15) is 0 Å². The summed E-state index contributed by atoms with van der Waals surface area (Å²) < 4.78 is 0. The molecule has 2 aromatic rings. The first kappa shape index (κ1) is 13.3. The van der Waals surface area contributed by atoms with E-state index in [0.29, 0.717) is 10.8 Å². The van der Waals surface area contributed by atoms with Gasteiger partial charge in [0.1, 0.15) is 5.69 Å². The number of Topliss-reactive ketones (excluding diaryl/α,β-unsaturated/α-hetero) is 1. The van der Waals surface area contributed by atoms with E-state index >= 15 is 0 Å². The van der Waals surface area contributed by atoms with Gasteiger partial charge in [0.25, 0.3) is 0 Å². The summed E-state index contributed by atoms with van der Waals surface area (Å²) in [6.07, 6.45) is 0.734. The Bertz CT molecular complexity index is 656. The quantitative estimate of drug-likeness (QED) is 0.886. The van der Waals surface area contributed by atoms with Crippen molar-refractivity contribution in [2.75, 3.05) is 5.32 Å². The molecular weight excluding hydrogens is 292 g/mol. The molecular formula is C14H12N2O2S2. The highest BCUT2D eigenvalue weighted by atomic mass is 32.2. The molecule has 3 rings (SSSR count). The number of nitrogens with zero attached hydrogens (tertiary/aromatic N) is 1. The largest absolute Gasteiger partial charge is 0.301 e. The number of fused-ring (bicyclic) bond motifs is 1. The van der Waals surface area contributed by atoms with Gasteiger partial charge in [0.15, 0.2) is 10.9 Å². The number of ketones is 1. The van der Waals surface area contributed by atoms with Crippen LogP contribution in [0.15, 0.2) is 34.5 Å². The van der Waals surface area contributed by atoms with Gasteiger partial charge >= 0.3 is 0 Å². The summed E-state index contributed by atoms with van der Waals surface area (Å²) in [4.78, 5) is 28.7. The normalized spacial score (nSPS) is 16.8. The molecule has 0 fully saturated rings. The molecule has 1 aromatic heterocycles. The predicted molar refractivity (Wildman–Crippen MR) is 80.5 cm³/mol. The third kappa shape index (κ3) is 2.62. The second-order valence-corrected chi connectivity index (χ2v) is 6.60. The molecule has 1 unspecified atom stereocenters. The zero-order valence-electron chi connectivity index (χ0n) is 10.8. The van der Waals surface area contributed by atoms with Gasteiger partial charge in [0.2, 0.25) is 5.91 Å². The monoisotopic (exact) mass is 304 g/mol. The summed E-state index contributed by atoms with van der Waals surface area (Å²) in [5.74, 6) is -0.153. The van der Waals surface area contributed by atoms with Gasteiger partial charge in [0.05, 0.1) is 5.25 Å². The Kier molecular flexibility index (Phi) is 3.58. The topological polar surface area (TPSA) is 59.1 Å². The molecule has 1 aromatic carbocycles. The number of thiazole rings is 1. The lowest BCUT2D eigenvalue weighted by Crippen LogP contribution is -2.24. The van der Waals surface area contributed by atoms with Gasteiger partial charge in [-0.15, -0.1) is 23.1 Å². The number of benzene rings is 1. The van der Waals surface area contributed by atoms with E-state index in [1.54, 1.807) is 17.1 Å². The number of carbonyl (C=O) groups is 2. The lowest BCUT2D eigenvalue weighted by atomic mass is 10.1. The van der Waals surface area contributed by atoms with E-state index in [9.17, 15) is 9.59 Å². The zero-order chi connectivity index (χ0) is 14.1. The van der Waals surface area contributed by atoms with Crippen LogP contribution < -0.4 is 5.32 Å². The lowest BCUT2D eigenvalue weighted by molar-refractivity contribution is -0.115. The zero-order valence-corrected chi connectivity index (χ0v) is 12.4. The molecule has 1 aliphatic heterocycles. The van der Waals surface area contributed by atoms with Crippen LogP contribution in [0.25, 0.3) is 0 Å². The highest BCUT2D eigenvalue weighted by Crippen LogP contribution is 2.37. The minimum absolute atomic E-state index is 0.0596. The summed E-state index contributed by atoms with van der Waals surface area (Å²) in [6, 6.07) is 8.04. The summed E-state index contributed by atoms with van der Waals surface area (Å²) in [5, 5.41) is 4.81. The number of anilines is 1. The molecule has 20 heavy (non-hydrogen) atoms. The number of rotatable bonds is 3. The van der Waals surface area contributed by atoms with Crippen LogP contribution in [0.4, 0.5) is 5.13 Å². The summed E-state index contributed by atoms with van der Waals surface area (Å²) in [7, 11) is 0. The van der Waals surface area contributed by atoms with Crippen LogP contribution in [-0.2, 0) is 11.2 Å². The maximum atomic E-state index is 12.2. The van der Waals surface area contributed by atoms with Crippen molar-refractivity contribution in [1.82, 2.24) is 4.98 Å². The van der Waals surface area contributed by atoms with E-state index in [1.807, 2.05) is 24.3 Å². The van der Waals surface area contributed by atoms with Crippen molar-refractivity contribution in [3.05, 3.63) is 40.9 Å². The standard InChI is InChI=1S/C14H12N2O2S2/c1-8(17)10-7-19-14(15-10)16-13(18)12-6-9-4-2-3-5-11(9)20-12/h2-5,7,12H,6H2,1H3,(H,15,16,18). The third-order valence-electron chi connectivity index (χ3n) is 3.03. The molecule has 0 saturated carbocycles. The van der Waals surface area contributed by atoms with E-state index in [0.717, 1.165) is 11.3 Å². The Morgan fingerprint density at radius 2 is 2.15 bits per heavy atom. The van der Waals surface area contributed by atoms with E-state index < -0.39 is 0 Å². The first-order chi connectivity index (χ1) is 9.63. The molecule has 4 nitrogen and oxygen atoms in total. The summed E-state index contributed by atoms with van der Waals surface area (Å²) in [6.45, 7) is 1.46. The fourth-order valence-corrected chi connectivity index (χ4v) is 3.95. The van der Waals surface area contributed by atoms with E-state index in [-0.39, 0.29) is 16.9 Å². The van der Waals surface area contributed by atoms with Crippen LogP contribution in [0.3, 0.4) is 0 Å². The average molecular weight is 304 g/mol. The molecule has 1 amide bonds. The number of carbonyl (C=O) groups excluding carboxylic acids is 2. The number of thioether (sulfide) groups is 1. The van der Waals surface area contributed by atoms with Crippen LogP contribution in [0.2, 0.25) is 0 Å². The number of nitrogens with one attached hydrogen (secondary N) is 1. The molecule has 6 heteroatoms. The van der Waals surface area contributed by atoms with Crippen molar-refractivity contribution >= 4 is 39.9 Å². The van der Waals surface area contributed by atoms with Crippen LogP contribution >= 0.6 is 23.1 Å². The minimum Gasteiger partial charge on any atom is -0.301 e. The van der Waals surface area contributed by atoms with Crippen molar-refractivity contribution in [3.63, 3.8) is 0 Å². The van der Waals surface area contributed by atoms with Crippen molar-refractivity contribution in [1.29, 1.82) is 0 Å². The number of amides is 1. The Morgan fingerprint density at radius 3 is 2.85 bits per heavy atom. The molecule has 0 radical (unpaired) electrons. The maximum absolute atomic E-state index is 12.2. The first-order valence-corrected chi connectivity index (χ1v) is 7.91. The Morgan fingerprint density at radius 1 is 1.35 bits per heavy atom. The van der Waals surface area contributed by atoms with Crippen molar-refractivity contribution < 1.29 is 9.59 Å². The number of hydrogen-bond donors (Lipinski definition) is 1. The fourth-order valence-electron chi connectivity index (χ4n) is 2.01. The minimum atomic E-state index is -0.128. The molecule has 0 bridgehead atoms. The van der Waals surface area contributed by atoms with Gasteiger partial charge in [-0.1, -0.05) is 18.2 Å². The number of aromatic nitrogens is 1. The SMILES string of the molecule is CC(=O)c1csc(NC(=O)C2Cc3ccccc3S2)n1. The second kappa shape index (κ2) is 5.38. The van der Waals surface area contributed by atoms with Gasteiger partial charge in [-0.3, -0.25) is 9.59 Å². The van der Waals surface area contributed by atoms with Crippen LogP contribution in [0.1, 0.15) is 23.0 Å². The van der Waals surface area contributed by atoms with Crippen molar-refractivity contribution in [2.24, 2.45) is 0 Å². The average Bonchev–Trinajstić information content (AvgIpc) is 3.04. The smallest absolute Gasteiger partial charge is 0.239 e. The van der Waals surface area contributed by atoms with Crippen molar-refractivity contribution in [3.8, 4) is 0 Å². The van der Waals surface area contributed by atoms with E-state index in [4.69, 9.17) is 0 Å². The highest BCUT2D eigenvalue weighted by Gasteiger charge is 2.28. The highest BCUT2D eigenvalue weighted by molar-refractivity contribution is 8.01. The summed E-state index contributed by atoms with van der Waals surface area (Å²) in [5.41, 5.74) is 1.61. The molecule has 1 atom stereocenters. The predicted octanol–water partition coefficient (Wildman–Crippen LogP) is 3.00. The van der Waals surface area contributed by atoms with Crippen LogP contribution in [0, 0.1) is 0 Å². The van der Waals surface area contributed by atoms with Gasteiger partial charge in [-0.05, 0) is 18.1 Å². The van der Waals surface area contributed by atoms with Crippen LogP contribution in [0.5, 0.6) is 0 Å². The molecule has 1 N–H and O–H groups in total. The summed E-state index contributed by atoms with van der Waals surface area (Å²) >= 11 is 2.85. The van der Waals surface area contributed by atoms with Crippen LogP contribution in [-0.4, -0.2) is 21.9 Å². The lowest BCUT2D eigenvalue weighted by Gasteiger charge is -2.07. The second-order valence-electron chi connectivity index (χ2n) is 4.50. The third-order valence-corrected chi connectivity index (χ3v) is 5.11. The first-order valence-electron chi connectivity index (χ1n) is 6.15. The molecule has 0 saturated heterocycles. The van der Waals surface area contributed by atoms with E-state index in [2.05, 4.69) is 10.3 Å². The van der Waals surface area contributed by atoms with Gasteiger partial charge in [0, 0.05) is 17.2 Å². The van der Waals surface area contributed by atoms with Crippen molar-refractivity contribution in [2.45, 2.75) is 23.5 Å². The molecule has 1 aliphatic rings. The Balaban J connectivity index is 1.67. The molecule has 0 aliphatic carbocycles. The fraction of sp³-hybridized carbons (Fsp3) is 0.214. The Labute approximate surface area is 124 Å². The maximum Gasteiger partial charge on any atom is 0.239 e. The molecule has 0 spiro atoms. The molecule has 102 valence electrons. The number of hydrogen-bond acceptors (Lipinski definition) is 5. The Hall–Kier alpha value is -1.66. The molecule has 2 heterocycles. The van der Waals surface area contributed by atoms with Gasteiger partial charge < -0.3 is 5.32 Å². The van der Waals surface area contributed by atoms with Gasteiger partial charge in [-0.25, -0.2) is 4.98 Å².